The molecular formula is C20H16F2N2O2S. The fourth-order valence-electron chi connectivity index (χ4n) is 2.05. The molecular weight excluding hydrogens is 370 g/mol. The van der Waals surface area contributed by atoms with Gasteiger partial charge < -0.3 is 10.1 Å². The standard InChI is InChI=1S/C20H16F2N2O2S/c1-2-11-26-17-7-3-14(4-8-17)12-15(13-23)19(25)24-16-5-9-18(10-6-16)27-20(21)22/h2-10,12,20H,1,11H2,(H,24,25)/b15-12+. The number of benzene rings is 2. The van der Waals surface area contributed by atoms with Gasteiger partial charge in [-0.25, -0.2) is 0 Å². The van der Waals surface area contributed by atoms with Crippen LogP contribution in [-0.4, -0.2) is 18.3 Å². The minimum atomic E-state index is -2.51. The maximum absolute atomic E-state index is 12.3. The maximum atomic E-state index is 12.3. The smallest absolute Gasteiger partial charge is 0.288 e. The molecule has 4 nitrogen and oxygen atoms in total. The van der Waals surface area contributed by atoms with Gasteiger partial charge in [0.15, 0.2) is 0 Å². The molecule has 0 bridgehead atoms. The largest absolute Gasteiger partial charge is 0.490 e. The van der Waals surface area contributed by atoms with Crippen LogP contribution in [0.2, 0.25) is 0 Å². The molecule has 0 aromatic heterocycles. The Morgan fingerprint density at radius 1 is 1.22 bits per heavy atom. The molecule has 0 atom stereocenters. The van der Waals surface area contributed by atoms with Crippen LogP contribution in [-0.2, 0) is 4.79 Å². The van der Waals surface area contributed by atoms with Gasteiger partial charge in [0, 0.05) is 10.6 Å². The van der Waals surface area contributed by atoms with Gasteiger partial charge in [0.25, 0.3) is 11.7 Å². The van der Waals surface area contributed by atoms with E-state index in [4.69, 9.17) is 4.74 Å². The predicted molar refractivity (Wildman–Crippen MR) is 103 cm³/mol. The first-order valence-electron chi connectivity index (χ1n) is 7.83. The minimum Gasteiger partial charge on any atom is -0.490 e. The van der Waals surface area contributed by atoms with Gasteiger partial charge in [-0.3, -0.25) is 4.79 Å². The van der Waals surface area contributed by atoms with Crippen LogP contribution in [0.4, 0.5) is 14.5 Å². The third-order valence-corrected chi connectivity index (χ3v) is 3.98. The van der Waals surface area contributed by atoms with Crippen molar-refractivity contribution < 1.29 is 18.3 Å². The number of rotatable bonds is 8. The number of hydrogen-bond donors (Lipinski definition) is 1. The molecule has 0 fully saturated rings. The first kappa shape index (κ1) is 20.2. The van der Waals surface area contributed by atoms with Crippen LogP contribution in [0.5, 0.6) is 5.75 Å². The monoisotopic (exact) mass is 386 g/mol. The Balaban J connectivity index is 2.05. The molecule has 0 saturated heterocycles. The van der Waals surface area contributed by atoms with Crippen molar-refractivity contribution in [2.45, 2.75) is 10.7 Å². The fourth-order valence-corrected chi connectivity index (χ4v) is 2.55. The summed E-state index contributed by atoms with van der Waals surface area (Å²) >= 11 is 0.419. The van der Waals surface area contributed by atoms with Gasteiger partial charge in [-0.1, -0.05) is 36.5 Å². The molecule has 0 aliphatic heterocycles. The van der Waals surface area contributed by atoms with Gasteiger partial charge >= 0.3 is 0 Å². The molecule has 0 radical (unpaired) electrons. The Bertz CT molecular complexity index is 857. The van der Waals surface area contributed by atoms with E-state index in [2.05, 4.69) is 11.9 Å². The molecule has 27 heavy (non-hydrogen) atoms. The zero-order valence-corrected chi connectivity index (χ0v) is 15.0. The van der Waals surface area contributed by atoms with Crippen LogP contribution in [0.25, 0.3) is 6.08 Å². The Hall–Kier alpha value is -3.11. The normalized spacial score (nSPS) is 11.0. The van der Waals surface area contributed by atoms with E-state index in [0.29, 0.717) is 40.3 Å². The zero-order chi connectivity index (χ0) is 19.6. The molecule has 0 aliphatic rings. The quantitative estimate of drug-likeness (QED) is 0.296. The van der Waals surface area contributed by atoms with E-state index in [1.165, 1.54) is 30.3 Å². The highest BCUT2D eigenvalue weighted by molar-refractivity contribution is 7.99. The summed E-state index contributed by atoms with van der Waals surface area (Å²) < 4.78 is 30.0. The van der Waals surface area contributed by atoms with E-state index in [-0.39, 0.29) is 5.57 Å². The summed E-state index contributed by atoms with van der Waals surface area (Å²) in [6.45, 7) is 3.95. The van der Waals surface area contributed by atoms with E-state index in [1.54, 1.807) is 30.3 Å². The highest BCUT2D eigenvalue weighted by Crippen LogP contribution is 2.26. The van der Waals surface area contributed by atoms with Crippen LogP contribution >= 0.6 is 11.8 Å². The molecule has 2 aromatic carbocycles. The van der Waals surface area contributed by atoms with Crippen molar-refractivity contribution in [1.82, 2.24) is 0 Å². The van der Waals surface area contributed by atoms with Crippen molar-refractivity contribution >= 4 is 29.4 Å². The number of amides is 1. The fraction of sp³-hybridized carbons (Fsp3) is 0.100. The van der Waals surface area contributed by atoms with Gasteiger partial charge in [-0.2, -0.15) is 14.0 Å². The van der Waals surface area contributed by atoms with Crippen LogP contribution in [0.1, 0.15) is 5.56 Å². The molecule has 1 N–H and O–H groups in total. The molecule has 0 unspecified atom stereocenters. The lowest BCUT2D eigenvalue weighted by atomic mass is 10.1. The molecule has 1 amide bonds. The average Bonchev–Trinajstić information content (AvgIpc) is 2.66. The molecule has 0 heterocycles. The Morgan fingerprint density at radius 3 is 2.44 bits per heavy atom. The number of carbonyl (C=O) groups excluding carboxylic acids is 1. The lowest BCUT2D eigenvalue weighted by Gasteiger charge is -2.06. The molecule has 138 valence electrons. The summed E-state index contributed by atoms with van der Waals surface area (Å²) in [5, 5.41) is 11.8. The van der Waals surface area contributed by atoms with E-state index in [9.17, 15) is 18.8 Å². The van der Waals surface area contributed by atoms with Gasteiger partial charge in [0.1, 0.15) is 24.0 Å². The number of nitrogens with one attached hydrogen (secondary N) is 1. The van der Waals surface area contributed by atoms with E-state index < -0.39 is 11.7 Å². The predicted octanol–water partition coefficient (Wildman–Crippen LogP) is 5.11. The Labute approximate surface area is 160 Å². The van der Waals surface area contributed by atoms with Crippen LogP contribution < -0.4 is 10.1 Å². The SMILES string of the molecule is C=CCOc1ccc(/C=C(\C#N)C(=O)Nc2ccc(SC(F)F)cc2)cc1. The lowest BCUT2D eigenvalue weighted by molar-refractivity contribution is -0.112. The molecule has 2 aromatic rings. The summed E-state index contributed by atoms with van der Waals surface area (Å²) in [5.74, 6) is -2.44. The highest BCUT2D eigenvalue weighted by atomic mass is 32.2. The van der Waals surface area contributed by atoms with Gasteiger partial charge in [0.2, 0.25) is 0 Å². The van der Waals surface area contributed by atoms with Crippen molar-refractivity contribution in [3.8, 4) is 11.8 Å². The maximum Gasteiger partial charge on any atom is 0.288 e. The second-order valence-electron chi connectivity index (χ2n) is 5.20. The summed E-state index contributed by atoms with van der Waals surface area (Å²) in [6.07, 6.45) is 3.08. The molecule has 0 aliphatic carbocycles. The van der Waals surface area contributed by atoms with Crippen LogP contribution in [0.3, 0.4) is 0 Å². The molecule has 0 saturated carbocycles. The minimum absolute atomic E-state index is 0.0826. The van der Waals surface area contributed by atoms with Crippen molar-refractivity contribution in [2.24, 2.45) is 0 Å². The third kappa shape index (κ3) is 6.60. The highest BCUT2D eigenvalue weighted by Gasteiger charge is 2.10. The van der Waals surface area contributed by atoms with Gasteiger partial charge in [-0.05, 0) is 48.0 Å². The zero-order valence-electron chi connectivity index (χ0n) is 14.2. The van der Waals surface area contributed by atoms with Crippen LogP contribution in [0, 0.1) is 11.3 Å². The number of halogens is 2. The molecule has 2 rings (SSSR count). The van der Waals surface area contributed by atoms with Crippen LogP contribution in [0.15, 0.2) is 71.7 Å². The summed E-state index contributed by atoms with van der Waals surface area (Å²) in [5.41, 5.74) is 0.991. The average molecular weight is 386 g/mol. The topological polar surface area (TPSA) is 62.1 Å². The second-order valence-corrected chi connectivity index (χ2v) is 6.26. The van der Waals surface area contributed by atoms with E-state index in [0.717, 1.165) is 0 Å². The van der Waals surface area contributed by atoms with Crippen molar-refractivity contribution in [2.75, 3.05) is 11.9 Å². The Morgan fingerprint density at radius 2 is 1.89 bits per heavy atom. The first-order chi connectivity index (χ1) is 13.0. The third-order valence-electron chi connectivity index (χ3n) is 3.26. The molecule has 0 spiro atoms. The molecule has 7 heteroatoms. The van der Waals surface area contributed by atoms with Gasteiger partial charge in [0.05, 0.1) is 0 Å². The van der Waals surface area contributed by atoms with Crippen molar-refractivity contribution in [3.05, 3.63) is 72.3 Å². The second kappa shape index (κ2) is 10.1. The number of nitriles is 1. The van der Waals surface area contributed by atoms with Crippen molar-refractivity contribution in [1.29, 1.82) is 5.26 Å². The number of nitrogens with zero attached hydrogens (tertiary/aromatic N) is 1. The van der Waals surface area contributed by atoms with E-state index >= 15 is 0 Å². The number of carbonyl (C=O) groups is 1. The summed E-state index contributed by atoms with van der Waals surface area (Å²) in [4.78, 5) is 12.6. The summed E-state index contributed by atoms with van der Waals surface area (Å²) in [7, 11) is 0. The van der Waals surface area contributed by atoms with Gasteiger partial charge in [-0.15, -0.1) is 0 Å². The first-order valence-corrected chi connectivity index (χ1v) is 8.71. The number of hydrogen-bond acceptors (Lipinski definition) is 4. The lowest BCUT2D eigenvalue weighted by Crippen LogP contribution is -2.13. The van der Waals surface area contributed by atoms with E-state index in [1.807, 2.05) is 6.07 Å². The number of thioether (sulfide) groups is 1. The number of anilines is 1. The number of ether oxygens (including phenoxy) is 1. The Kier molecular flexibility index (Phi) is 7.59. The summed E-state index contributed by atoms with van der Waals surface area (Å²) in [6, 6.07) is 14.7. The number of alkyl halides is 2. The van der Waals surface area contributed by atoms with Crippen molar-refractivity contribution in [3.63, 3.8) is 0 Å².